The van der Waals surface area contributed by atoms with Crippen molar-refractivity contribution in [2.24, 2.45) is 11.8 Å². The number of benzene rings is 1. The van der Waals surface area contributed by atoms with Crippen molar-refractivity contribution in [3.8, 4) is 11.3 Å². The minimum Gasteiger partial charge on any atom is -0.369 e. The first-order chi connectivity index (χ1) is 18.6. The standard InChI is InChI=1S/C31H46N6O2/c1-8-37(25-11-9-24(10-12-25)36(6)7)29-15-23(28-18-32-21(4)16-33-28)14-26(22(29)5)30(38)34-17-27-19(2)13-20(3)35-31(27)39/h14-16,18-20,24-25,27H,8-13,17H2,1-7H3,(H,34,38)(H,35,39). The predicted octanol–water partition coefficient (Wildman–Crippen LogP) is 4.35. The number of nitrogens with one attached hydrogen (secondary N) is 2. The van der Waals surface area contributed by atoms with Crippen LogP contribution in [0.2, 0.25) is 0 Å². The van der Waals surface area contributed by atoms with Crippen LogP contribution in [0, 0.1) is 25.7 Å². The van der Waals surface area contributed by atoms with Crippen molar-refractivity contribution in [1.82, 2.24) is 25.5 Å². The number of piperidine rings is 1. The van der Waals surface area contributed by atoms with Gasteiger partial charge in [-0.3, -0.25) is 19.6 Å². The molecule has 39 heavy (non-hydrogen) atoms. The van der Waals surface area contributed by atoms with Gasteiger partial charge in [-0.15, -0.1) is 0 Å². The highest BCUT2D eigenvalue weighted by Gasteiger charge is 2.33. The second-order valence-corrected chi connectivity index (χ2v) is 11.9. The minimum atomic E-state index is -0.227. The molecular weight excluding hydrogens is 488 g/mol. The van der Waals surface area contributed by atoms with Gasteiger partial charge in [0.1, 0.15) is 0 Å². The van der Waals surface area contributed by atoms with Crippen LogP contribution in [0.4, 0.5) is 5.69 Å². The van der Waals surface area contributed by atoms with Crippen LogP contribution in [0.15, 0.2) is 24.5 Å². The Bertz CT molecular complexity index is 1160. The van der Waals surface area contributed by atoms with Gasteiger partial charge in [0.25, 0.3) is 5.91 Å². The van der Waals surface area contributed by atoms with Gasteiger partial charge in [0.15, 0.2) is 0 Å². The van der Waals surface area contributed by atoms with Gasteiger partial charge in [0, 0.05) is 54.2 Å². The summed E-state index contributed by atoms with van der Waals surface area (Å²) in [6.45, 7) is 11.5. The molecule has 2 N–H and O–H groups in total. The second kappa shape index (κ2) is 12.5. The van der Waals surface area contributed by atoms with Crippen LogP contribution < -0.4 is 15.5 Å². The van der Waals surface area contributed by atoms with E-state index in [1.54, 1.807) is 12.4 Å². The minimum absolute atomic E-state index is 0.0214. The third kappa shape index (κ3) is 6.60. The molecule has 0 spiro atoms. The van der Waals surface area contributed by atoms with E-state index in [-0.39, 0.29) is 29.7 Å². The largest absolute Gasteiger partial charge is 0.369 e. The zero-order valence-corrected chi connectivity index (χ0v) is 24.8. The lowest BCUT2D eigenvalue weighted by Gasteiger charge is -2.40. The van der Waals surface area contributed by atoms with Crippen LogP contribution in [0.1, 0.15) is 74.5 Å². The summed E-state index contributed by atoms with van der Waals surface area (Å²) >= 11 is 0. The number of aryl methyl sites for hydroxylation is 1. The monoisotopic (exact) mass is 534 g/mol. The fraction of sp³-hybridized carbons (Fsp3) is 0.613. The maximum Gasteiger partial charge on any atom is 0.251 e. The summed E-state index contributed by atoms with van der Waals surface area (Å²) in [6.07, 6.45) is 9.04. The Labute approximate surface area is 234 Å². The van der Waals surface area contributed by atoms with Crippen LogP contribution >= 0.6 is 0 Å². The summed E-state index contributed by atoms with van der Waals surface area (Å²) in [5.74, 6) is -0.141. The first-order valence-electron chi connectivity index (χ1n) is 14.5. The van der Waals surface area contributed by atoms with Crippen LogP contribution in [0.5, 0.6) is 0 Å². The van der Waals surface area contributed by atoms with Crippen molar-refractivity contribution in [2.45, 2.75) is 84.8 Å². The Morgan fingerprint density at radius 3 is 2.33 bits per heavy atom. The summed E-state index contributed by atoms with van der Waals surface area (Å²) in [6, 6.07) is 5.32. The summed E-state index contributed by atoms with van der Waals surface area (Å²) in [4.78, 5) is 40.2. The smallest absolute Gasteiger partial charge is 0.251 e. The normalized spacial score (nSPS) is 25.3. The van der Waals surface area contributed by atoms with Gasteiger partial charge in [-0.2, -0.15) is 0 Å². The molecule has 2 aromatic rings. The van der Waals surface area contributed by atoms with E-state index in [0.29, 0.717) is 24.2 Å². The first kappa shape index (κ1) is 29.0. The van der Waals surface area contributed by atoms with E-state index in [4.69, 9.17) is 0 Å². The Morgan fingerprint density at radius 2 is 1.74 bits per heavy atom. The highest BCUT2D eigenvalue weighted by molar-refractivity contribution is 5.99. The molecule has 3 unspecified atom stereocenters. The number of anilines is 1. The second-order valence-electron chi connectivity index (χ2n) is 11.9. The van der Waals surface area contributed by atoms with Crippen molar-refractivity contribution in [3.05, 3.63) is 41.3 Å². The molecular formula is C31H46N6O2. The number of hydrogen-bond donors (Lipinski definition) is 2. The van der Waals surface area contributed by atoms with Gasteiger partial charge in [0.05, 0.1) is 23.5 Å². The third-order valence-corrected chi connectivity index (χ3v) is 8.81. The average Bonchev–Trinajstić information content (AvgIpc) is 2.90. The van der Waals surface area contributed by atoms with E-state index < -0.39 is 0 Å². The van der Waals surface area contributed by atoms with Crippen LogP contribution in [-0.4, -0.2) is 72.0 Å². The lowest BCUT2D eigenvalue weighted by Crippen LogP contribution is -2.50. The van der Waals surface area contributed by atoms with Crippen molar-refractivity contribution < 1.29 is 9.59 Å². The molecule has 3 atom stereocenters. The highest BCUT2D eigenvalue weighted by Crippen LogP contribution is 2.35. The number of carbonyl (C=O) groups excluding carboxylic acids is 2. The van der Waals surface area contributed by atoms with E-state index >= 15 is 0 Å². The zero-order valence-electron chi connectivity index (χ0n) is 24.8. The molecule has 2 amide bonds. The van der Waals surface area contributed by atoms with Crippen LogP contribution in [0.3, 0.4) is 0 Å². The molecule has 8 heteroatoms. The number of rotatable bonds is 8. The first-order valence-corrected chi connectivity index (χ1v) is 14.5. The molecule has 212 valence electrons. The molecule has 1 saturated heterocycles. The highest BCUT2D eigenvalue weighted by atomic mass is 16.2. The molecule has 2 fully saturated rings. The predicted molar refractivity (Wildman–Crippen MR) is 157 cm³/mol. The van der Waals surface area contributed by atoms with E-state index in [0.717, 1.165) is 54.0 Å². The van der Waals surface area contributed by atoms with Gasteiger partial charge in [-0.05, 0) is 97.5 Å². The maximum atomic E-state index is 13.7. The van der Waals surface area contributed by atoms with E-state index in [9.17, 15) is 9.59 Å². The van der Waals surface area contributed by atoms with E-state index in [1.807, 2.05) is 26.8 Å². The molecule has 0 bridgehead atoms. The zero-order chi connectivity index (χ0) is 28.3. The van der Waals surface area contributed by atoms with Gasteiger partial charge in [0.2, 0.25) is 5.91 Å². The van der Waals surface area contributed by atoms with Gasteiger partial charge < -0.3 is 20.4 Å². The molecule has 1 aromatic carbocycles. The summed E-state index contributed by atoms with van der Waals surface area (Å²) in [7, 11) is 4.34. The lowest BCUT2D eigenvalue weighted by atomic mass is 9.84. The quantitative estimate of drug-likeness (QED) is 0.523. The Hall–Kier alpha value is -3.00. The molecule has 2 aliphatic rings. The van der Waals surface area contributed by atoms with Crippen molar-refractivity contribution >= 4 is 17.5 Å². The van der Waals surface area contributed by atoms with Crippen molar-refractivity contribution in [2.75, 3.05) is 32.1 Å². The molecule has 1 aliphatic carbocycles. The fourth-order valence-electron chi connectivity index (χ4n) is 6.42. The summed E-state index contributed by atoms with van der Waals surface area (Å²) < 4.78 is 0. The van der Waals surface area contributed by atoms with Crippen LogP contribution in [-0.2, 0) is 4.79 Å². The molecule has 1 aromatic heterocycles. The molecule has 2 heterocycles. The number of carbonyl (C=O) groups is 2. The van der Waals surface area contributed by atoms with Crippen molar-refractivity contribution in [3.63, 3.8) is 0 Å². The number of aromatic nitrogens is 2. The average molecular weight is 535 g/mol. The third-order valence-electron chi connectivity index (χ3n) is 8.81. The Morgan fingerprint density at radius 1 is 1.05 bits per heavy atom. The van der Waals surface area contributed by atoms with Gasteiger partial charge in [-0.25, -0.2) is 0 Å². The van der Waals surface area contributed by atoms with Gasteiger partial charge >= 0.3 is 0 Å². The molecule has 1 saturated carbocycles. The number of amides is 2. The van der Waals surface area contributed by atoms with Gasteiger partial charge in [-0.1, -0.05) is 6.92 Å². The number of nitrogens with zero attached hydrogens (tertiary/aromatic N) is 4. The summed E-state index contributed by atoms with van der Waals surface area (Å²) in [5, 5.41) is 6.13. The number of hydrogen-bond acceptors (Lipinski definition) is 6. The fourth-order valence-corrected chi connectivity index (χ4v) is 6.42. The Kier molecular flexibility index (Phi) is 9.26. The van der Waals surface area contributed by atoms with E-state index in [2.05, 4.69) is 64.4 Å². The lowest BCUT2D eigenvalue weighted by molar-refractivity contribution is -0.129. The molecule has 1 aliphatic heterocycles. The molecule has 8 nitrogen and oxygen atoms in total. The van der Waals surface area contributed by atoms with Crippen molar-refractivity contribution in [1.29, 1.82) is 0 Å². The summed E-state index contributed by atoms with van der Waals surface area (Å²) in [5.41, 5.74) is 5.15. The molecule has 4 rings (SSSR count). The maximum absolute atomic E-state index is 13.7. The van der Waals surface area contributed by atoms with Crippen LogP contribution in [0.25, 0.3) is 11.3 Å². The SMILES string of the molecule is CCN(c1cc(-c2cnc(C)cn2)cc(C(=O)NCC2C(=O)NC(C)CC2C)c1C)C1CCC(N(C)C)CC1. The topological polar surface area (TPSA) is 90.5 Å². The molecule has 0 radical (unpaired) electrons. The van der Waals surface area contributed by atoms with E-state index in [1.165, 1.54) is 12.8 Å². The Balaban J connectivity index is 1.65.